The number of aryl methyl sites for hydroxylation is 1. The molecule has 0 atom stereocenters. The van der Waals surface area contributed by atoms with Crippen molar-refractivity contribution in [1.82, 2.24) is 14.9 Å². The second-order valence-electron chi connectivity index (χ2n) is 7.09. The fraction of sp³-hybridized carbons (Fsp3) is 0.0909. The van der Waals surface area contributed by atoms with Gasteiger partial charge in [-0.3, -0.25) is 14.8 Å². The van der Waals surface area contributed by atoms with Gasteiger partial charge in [-0.1, -0.05) is 40.5 Å². The van der Waals surface area contributed by atoms with E-state index in [4.69, 9.17) is 20.5 Å². The minimum Gasteiger partial charge on any atom is -0.422 e. The Morgan fingerprint density at radius 3 is 2.87 bits per heavy atom. The van der Waals surface area contributed by atoms with Crippen LogP contribution >= 0.6 is 11.6 Å². The zero-order chi connectivity index (χ0) is 21.5. The molecule has 5 aromatic rings. The third-order valence-electron chi connectivity index (χ3n) is 4.84. The van der Waals surface area contributed by atoms with Crippen LogP contribution in [0, 0.1) is 6.92 Å². The first kappa shape index (κ1) is 19.1. The second-order valence-corrected chi connectivity index (χ2v) is 7.52. The standard InChI is InChI=1S/C22H15ClN4O4/c1-12-5-6-18-15(7-12)21-16(22(29)30-18)10-24-27(21)11-19(28)25-20-9-17(26-31-20)13-3-2-4-14(23)8-13/h2-10H,11H2,1H3,(H,25,28). The molecule has 0 aliphatic rings. The average Bonchev–Trinajstić information content (AvgIpc) is 3.37. The number of benzene rings is 2. The first-order chi connectivity index (χ1) is 15.0. The van der Waals surface area contributed by atoms with Crippen molar-refractivity contribution in [3.8, 4) is 11.3 Å². The highest BCUT2D eigenvalue weighted by Crippen LogP contribution is 2.25. The van der Waals surface area contributed by atoms with Crippen LogP contribution in [0.3, 0.4) is 0 Å². The third kappa shape index (κ3) is 3.57. The van der Waals surface area contributed by atoms with Crippen LogP contribution in [-0.2, 0) is 11.3 Å². The number of aromatic nitrogens is 3. The number of nitrogens with zero attached hydrogens (tertiary/aromatic N) is 3. The maximum Gasteiger partial charge on any atom is 0.347 e. The molecule has 31 heavy (non-hydrogen) atoms. The molecule has 0 saturated heterocycles. The van der Waals surface area contributed by atoms with E-state index in [2.05, 4.69) is 15.6 Å². The first-order valence-electron chi connectivity index (χ1n) is 9.39. The van der Waals surface area contributed by atoms with E-state index in [1.165, 1.54) is 10.9 Å². The fourth-order valence-electron chi connectivity index (χ4n) is 3.44. The van der Waals surface area contributed by atoms with Crippen molar-refractivity contribution >= 4 is 45.3 Å². The number of fused-ring (bicyclic) bond motifs is 3. The number of anilines is 1. The van der Waals surface area contributed by atoms with E-state index in [-0.39, 0.29) is 18.3 Å². The molecule has 0 spiro atoms. The van der Waals surface area contributed by atoms with Crippen LogP contribution in [0.15, 0.2) is 68.5 Å². The average molecular weight is 435 g/mol. The summed E-state index contributed by atoms with van der Waals surface area (Å²) in [7, 11) is 0. The van der Waals surface area contributed by atoms with E-state index in [1.807, 2.05) is 25.1 Å². The second kappa shape index (κ2) is 7.41. The maximum absolute atomic E-state index is 12.6. The molecule has 0 bridgehead atoms. The Morgan fingerprint density at radius 1 is 1.16 bits per heavy atom. The van der Waals surface area contributed by atoms with Gasteiger partial charge in [0.05, 0.1) is 11.7 Å². The van der Waals surface area contributed by atoms with Crippen molar-refractivity contribution in [2.75, 3.05) is 5.32 Å². The maximum atomic E-state index is 12.6. The van der Waals surface area contributed by atoms with E-state index < -0.39 is 5.63 Å². The van der Waals surface area contributed by atoms with Crippen molar-refractivity contribution in [2.24, 2.45) is 0 Å². The molecule has 0 aliphatic carbocycles. The van der Waals surface area contributed by atoms with Gasteiger partial charge in [-0.05, 0) is 31.2 Å². The number of halogens is 1. The van der Waals surface area contributed by atoms with Gasteiger partial charge in [-0.2, -0.15) is 5.10 Å². The van der Waals surface area contributed by atoms with Gasteiger partial charge in [0.25, 0.3) is 0 Å². The molecule has 2 aromatic carbocycles. The van der Waals surface area contributed by atoms with E-state index in [0.29, 0.717) is 32.6 Å². The zero-order valence-electron chi connectivity index (χ0n) is 16.3. The molecule has 3 aromatic heterocycles. The minimum absolute atomic E-state index is 0.122. The van der Waals surface area contributed by atoms with Crippen molar-refractivity contribution in [2.45, 2.75) is 13.5 Å². The van der Waals surface area contributed by atoms with Gasteiger partial charge >= 0.3 is 5.63 Å². The lowest BCUT2D eigenvalue weighted by Crippen LogP contribution is -2.19. The van der Waals surface area contributed by atoms with Crippen molar-refractivity contribution in [3.63, 3.8) is 0 Å². The Balaban J connectivity index is 1.43. The molecule has 0 radical (unpaired) electrons. The monoisotopic (exact) mass is 434 g/mol. The largest absolute Gasteiger partial charge is 0.422 e. The highest BCUT2D eigenvalue weighted by molar-refractivity contribution is 6.30. The van der Waals surface area contributed by atoms with E-state index in [9.17, 15) is 9.59 Å². The molecule has 9 heteroatoms. The molecule has 0 fully saturated rings. The molecule has 1 amide bonds. The van der Waals surface area contributed by atoms with Crippen molar-refractivity contribution < 1.29 is 13.7 Å². The first-order valence-corrected chi connectivity index (χ1v) is 9.77. The van der Waals surface area contributed by atoms with Crippen LogP contribution in [0.1, 0.15) is 5.56 Å². The molecule has 5 rings (SSSR count). The Morgan fingerprint density at radius 2 is 2.03 bits per heavy atom. The number of rotatable bonds is 4. The Labute approximate surface area is 180 Å². The summed E-state index contributed by atoms with van der Waals surface area (Å²) in [4.78, 5) is 24.9. The van der Waals surface area contributed by atoms with Crippen LogP contribution in [0.25, 0.3) is 33.1 Å². The van der Waals surface area contributed by atoms with Gasteiger partial charge in [0.1, 0.15) is 23.2 Å². The molecule has 3 heterocycles. The van der Waals surface area contributed by atoms with Gasteiger partial charge in [0, 0.05) is 22.0 Å². The quantitative estimate of drug-likeness (QED) is 0.420. The van der Waals surface area contributed by atoms with Crippen LogP contribution < -0.4 is 10.9 Å². The van der Waals surface area contributed by atoms with Crippen LogP contribution in [0.5, 0.6) is 0 Å². The summed E-state index contributed by atoms with van der Waals surface area (Å²) in [6.45, 7) is 1.81. The molecule has 0 unspecified atom stereocenters. The molecular formula is C22H15ClN4O4. The summed E-state index contributed by atoms with van der Waals surface area (Å²) >= 11 is 6.01. The molecule has 1 N–H and O–H groups in total. The normalized spacial score (nSPS) is 11.3. The molecule has 8 nitrogen and oxygen atoms in total. The number of carbonyl (C=O) groups is 1. The number of hydrogen-bond donors (Lipinski definition) is 1. The van der Waals surface area contributed by atoms with Crippen LogP contribution in [0.4, 0.5) is 5.88 Å². The molecular weight excluding hydrogens is 420 g/mol. The highest BCUT2D eigenvalue weighted by atomic mass is 35.5. The zero-order valence-corrected chi connectivity index (χ0v) is 17.0. The summed E-state index contributed by atoms with van der Waals surface area (Å²) in [5.41, 5.74) is 2.79. The smallest absolute Gasteiger partial charge is 0.347 e. The minimum atomic E-state index is -0.501. The lowest BCUT2D eigenvalue weighted by atomic mass is 10.1. The third-order valence-corrected chi connectivity index (χ3v) is 5.07. The Kier molecular flexibility index (Phi) is 4.56. The van der Waals surface area contributed by atoms with Crippen LogP contribution in [0.2, 0.25) is 5.02 Å². The predicted octanol–water partition coefficient (Wildman–Crippen LogP) is 4.40. The van der Waals surface area contributed by atoms with Crippen molar-refractivity contribution in [1.29, 1.82) is 0 Å². The lowest BCUT2D eigenvalue weighted by molar-refractivity contribution is -0.117. The predicted molar refractivity (Wildman–Crippen MR) is 116 cm³/mol. The summed E-state index contributed by atoms with van der Waals surface area (Å²) in [6.07, 6.45) is 1.40. The SMILES string of the molecule is Cc1ccc2oc(=O)c3cnn(CC(=O)Nc4cc(-c5cccc(Cl)c5)no4)c3c2c1. The van der Waals surface area contributed by atoms with E-state index in [0.717, 1.165) is 11.1 Å². The number of nitrogens with one attached hydrogen (secondary N) is 1. The van der Waals surface area contributed by atoms with Gasteiger partial charge in [0.15, 0.2) is 0 Å². The molecule has 154 valence electrons. The van der Waals surface area contributed by atoms with Crippen molar-refractivity contribution in [3.05, 3.63) is 75.7 Å². The summed E-state index contributed by atoms with van der Waals surface area (Å²) < 4.78 is 12.0. The van der Waals surface area contributed by atoms with Gasteiger partial charge in [0.2, 0.25) is 11.8 Å². The number of amides is 1. The van der Waals surface area contributed by atoms with Gasteiger partial charge in [-0.15, -0.1) is 0 Å². The topological polar surface area (TPSA) is 103 Å². The van der Waals surface area contributed by atoms with Crippen LogP contribution in [-0.4, -0.2) is 20.8 Å². The van der Waals surface area contributed by atoms with E-state index >= 15 is 0 Å². The Bertz CT molecular complexity index is 1520. The lowest BCUT2D eigenvalue weighted by Gasteiger charge is -2.06. The summed E-state index contributed by atoms with van der Waals surface area (Å²) in [5.74, 6) is -0.190. The molecule has 0 aliphatic heterocycles. The van der Waals surface area contributed by atoms with E-state index in [1.54, 1.807) is 30.3 Å². The highest BCUT2D eigenvalue weighted by Gasteiger charge is 2.16. The number of carbonyl (C=O) groups excluding carboxylic acids is 1. The fourth-order valence-corrected chi connectivity index (χ4v) is 3.63. The number of hydrogen-bond acceptors (Lipinski definition) is 6. The Hall–Kier alpha value is -3.91. The van der Waals surface area contributed by atoms with Gasteiger partial charge < -0.3 is 8.94 Å². The summed E-state index contributed by atoms with van der Waals surface area (Å²) in [5, 5.41) is 12.4. The summed E-state index contributed by atoms with van der Waals surface area (Å²) in [6, 6.07) is 14.2. The van der Waals surface area contributed by atoms with Gasteiger partial charge in [-0.25, -0.2) is 4.79 Å². The molecule has 0 saturated carbocycles.